The van der Waals surface area contributed by atoms with Crippen molar-refractivity contribution in [2.45, 2.75) is 13.8 Å². The van der Waals surface area contributed by atoms with E-state index in [2.05, 4.69) is 21.4 Å². The molecule has 0 saturated heterocycles. The Bertz CT molecular complexity index is 694. The minimum atomic E-state index is 0.383. The molecule has 2 aromatic rings. The zero-order valence-electron chi connectivity index (χ0n) is 11.4. The highest BCUT2D eigenvalue weighted by atomic mass is 35.5. The lowest BCUT2D eigenvalue weighted by Crippen LogP contribution is -2.04. The van der Waals surface area contributed by atoms with Crippen LogP contribution in [0.15, 0.2) is 18.2 Å². The molecule has 0 aliphatic carbocycles. The van der Waals surface area contributed by atoms with Crippen LogP contribution in [0.2, 0.25) is 5.15 Å². The summed E-state index contributed by atoms with van der Waals surface area (Å²) >= 11 is 6.05. The second-order valence-electron chi connectivity index (χ2n) is 4.15. The third-order valence-corrected chi connectivity index (χ3v) is 3.18. The SMILES string of the molecule is COc1cccc(C#N)c1Nc1nc(C)nc(Cl)c1C. The van der Waals surface area contributed by atoms with E-state index in [-0.39, 0.29) is 0 Å². The number of nitrogens with one attached hydrogen (secondary N) is 1. The van der Waals surface area contributed by atoms with Crippen LogP contribution < -0.4 is 10.1 Å². The van der Waals surface area contributed by atoms with Gasteiger partial charge in [-0.3, -0.25) is 0 Å². The van der Waals surface area contributed by atoms with Gasteiger partial charge in [0.05, 0.1) is 12.7 Å². The Balaban J connectivity index is 2.53. The molecule has 0 atom stereocenters. The molecule has 0 radical (unpaired) electrons. The second-order valence-corrected chi connectivity index (χ2v) is 4.51. The number of ether oxygens (including phenoxy) is 1. The van der Waals surface area contributed by atoms with Crippen molar-refractivity contribution in [1.82, 2.24) is 9.97 Å². The summed E-state index contributed by atoms with van der Waals surface area (Å²) in [5.74, 6) is 1.68. The molecule has 1 N–H and O–H groups in total. The van der Waals surface area contributed by atoms with Crippen LogP contribution in [0.1, 0.15) is 17.0 Å². The van der Waals surface area contributed by atoms with Crippen molar-refractivity contribution in [3.05, 3.63) is 40.3 Å². The Morgan fingerprint density at radius 3 is 2.70 bits per heavy atom. The standard InChI is InChI=1S/C14H13ClN4O/c1-8-13(15)17-9(2)18-14(8)19-12-10(7-16)5-4-6-11(12)20-3/h4-6H,1-3H3,(H,17,18,19). The molecule has 2 rings (SSSR count). The number of benzene rings is 1. The predicted octanol–water partition coefficient (Wildman–Crippen LogP) is 3.37. The summed E-state index contributed by atoms with van der Waals surface area (Å²) in [5, 5.41) is 12.7. The van der Waals surface area contributed by atoms with Gasteiger partial charge >= 0.3 is 0 Å². The number of aromatic nitrogens is 2. The summed E-state index contributed by atoms with van der Waals surface area (Å²) < 4.78 is 5.27. The molecule has 6 heteroatoms. The number of aryl methyl sites for hydroxylation is 1. The second kappa shape index (κ2) is 5.76. The number of para-hydroxylation sites is 1. The molecule has 1 aromatic carbocycles. The van der Waals surface area contributed by atoms with Crippen LogP contribution in [-0.4, -0.2) is 17.1 Å². The maximum Gasteiger partial charge on any atom is 0.143 e. The first-order chi connectivity index (χ1) is 9.56. The molecule has 0 amide bonds. The number of hydrogen-bond acceptors (Lipinski definition) is 5. The fraction of sp³-hybridized carbons (Fsp3) is 0.214. The van der Waals surface area contributed by atoms with Crippen LogP contribution in [0.25, 0.3) is 0 Å². The Morgan fingerprint density at radius 1 is 1.30 bits per heavy atom. The molecule has 0 aliphatic rings. The summed E-state index contributed by atoms with van der Waals surface area (Å²) in [4.78, 5) is 8.39. The van der Waals surface area contributed by atoms with Gasteiger partial charge in [-0.25, -0.2) is 9.97 Å². The largest absolute Gasteiger partial charge is 0.495 e. The van der Waals surface area contributed by atoms with Crippen molar-refractivity contribution in [1.29, 1.82) is 5.26 Å². The van der Waals surface area contributed by atoms with Crippen LogP contribution in [0, 0.1) is 25.2 Å². The van der Waals surface area contributed by atoms with Gasteiger partial charge in [0.1, 0.15) is 34.3 Å². The number of halogens is 1. The smallest absolute Gasteiger partial charge is 0.143 e. The van der Waals surface area contributed by atoms with Gasteiger partial charge in [0.15, 0.2) is 0 Å². The van der Waals surface area contributed by atoms with Gasteiger partial charge in [-0.15, -0.1) is 0 Å². The fourth-order valence-electron chi connectivity index (χ4n) is 1.76. The summed E-state index contributed by atoms with van der Waals surface area (Å²) in [6, 6.07) is 7.35. The van der Waals surface area contributed by atoms with E-state index in [1.54, 1.807) is 32.2 Å². The molecule has 0 bridgehead atoms. The molecule has 0 saturated carbocycles. The fourth-order valence-corrected chi connectivity index (χ4v) is 1.97. The monoisotopic (exact) mass is 288 g/mol. The van der Waals surface area contributed by atoms with Gasteiger partial charge < -0.3 is 10.1 Å². The van der Waals surface area contributed by atoms with E-state index in [1.807, 2.05) is 6.92 Å². The maximum absolute atomic E-state index is 9.19. The zero-order chi connectivity index (χ0) is 14.7. The number of rotatable bonds is 3. The van der Waals surface area contributed by atoms with Crippen LogP contribution in [0.4, 0.5) is 11.5 Å². The number of anilines is 2. The number of nitrogens with zero attached hydrogens (tertiary/aromatic N) is 3. The molecule has 20 heavy (non-hydrogen) atoms. The average Bonchev–Trinajstić information content (AvgIpc) is 2.44. The molecular weight excluding hydrogens is 276 g/mol. The molecule has 5 nitrogen and oxygen atoms in total. The summed E-state index contributed by atoms with van der Waals surface area (Å²) in [7, 11) is 1.55. The van der Waals surface area contributed by atoms with Crippen LogP contribution in [0.3, 0.4) is 0 Å². The van der Waals surface area contributed by atoms with E-state index in [0.29, 0.717) is 39.4 Å². The van der Waals surface area contributed by atoms with Gasteiger partial charge in [-0.1, -0.05) is 17.7 Å². The first-order valence-corrected chi connectivity index (χ1v) is 6.29. The minimum Gasteiger partial charge on any atom is -0.495 e. The highest BCUT2D eigenvalue weighted by Gasteiger charge is 2.13. The number of nitriles is 1. The Morgan fingerprint density at radius 2 is 2.05 bits per heavy atom. The first-order valence-electron chi connectivity index (χ1n) is 5.91. The van der Waals surface area contributed by atoms with Gasteiger partial charge in [0.25, 0.3) is 0 Å². The highest BCUT2D eigenvalue weighted by Crippen LogP contribution is 2.32. The van der Waals surface area contributed by atoms with Crippen LogP contribution in [0.5, 0.6) is 5.75 Å². The molecule has 1 heterocycles. The van der Waals surface area contributed by atoms with Crippen molar-refractivity contribution >= 4 is 23.1 Å². The summed E-state index contributed by atoms with van der Waals surface area (Å²) in [5.41, 5.74) is 1.75. The molecule has 1 aromatic heterocycles. The minimum absolute atomic E-state index is 0.383. The Labute approximate surface area is 122 Å². The van der Waals surface area contributed by atoms with E-state index >= 15 is 0 Å². The average molecular weight is 289 g/mol. The summed E-state index contributed by atoms with van der Waals surface area (Å²) in [6.45, 7) is 3.56. The van der Waals surface area contributed by atoms with E-state index < -0.39 is 0 Å². The van der Waals surface area contributed by atoms with Gasteiger partial charge in [0.2, 0.25) is 0 Å². The normalized spacial score (nSPS) is 9.95. The first kappa shape index (κ1) is 14.1. The predicted molar refractivity (Wildman–Crippen MR) is 77.5 cm³/mol. The quantitative estimate of drug-likeness (QED) is 0.877. The van der Waals surface area contributed by atoms with Crippen molar-refractivity contribution < 1.29 is 4.74 Å². The van der Waals surface area contributed by atoms with Gasteiger partial charge in [0, 0.05) is 5.56 Å². The lowest BCUT2D eigenvalue weighted by Gasteiger charge is -2.14. The van der Waals surface area contributed by atoms with E-state index in [4.69, 9.17) is 16.3 Å². The van der Waals surface area contributed by atoms with Crippen molar-refractivity contribution in [2.75, 3.05) is 12.4 Å². The molecule has 102 valence electrons. The van der Waals surface area contributed by atoms with Crippen molar-refractivity contribution in [2.24, 2.45) is 0 Å². The Kier molecular flexibility index (Phi) is 4.06. The lowest BCUT2D eigenvalue weighted by molar-refractivity contribution is 0.416. The van der Waals surface area contributed by atoms with Crippen LogP contribution >= 0.6 is 11.6 Å². The van der Waals surface area contributed by atoms with Crippen molar-refractivity contribution in [3.8, 4) is 11.8 Å². The van der Waals surface area contributed by atoms with Gasteiger partial charge in [-0.2, -0.15) is 5.26 Å². The van der Waals surface area contributed by atoms with E-state index in [0.717, 1.165) is 0 Å². The van der Waals surface area contributed by atoms with E-state index in [1.165, 1.54) is 0 Å². The van der Waals surface area contributed by atoms with Gasteiger partial charge in [-0.05, 0) is 26.0 Å². The third-order valence-electron chi connectivity index (χ3n) is 2.81. The third kappa shape index (κ3) is 2.65. The lowest BCUT2D eigenvalue weighted by atomic mass is 10.1. The molecule has 0 fully saturated rings. The van der Waals surface area contributed by atoms with E-state index in [9.17, 15) is 5.26 Å². The molecule has 0 aliphatic heterocycles. The van der Waals surface area contributed by atoms with Crippen molar-refractivity contribution in [3.63, 3.8) is 0 Å². The van der Waals surface area contributed by atoms with Crippen LogP contribution in [-0.2, 0) is 0 Å². The zero-order valence-corrected chi connectivity index (χ0v) is 12.1. The Hall–Kier alpha value is -2.32. The number of methoxy groups -OCH3 is 1. The topological polar surface area (TPSA) is 70.8 Å². The maximum atomic E-state index is 9.19. The molecular formula is C14H13ClN4O. The highest BCUT2D eigenvalue weighted by molar-refractivity contribution is 6.30. The molecule has 0 spiro atoms. The summed E-state index contributed by atoms with van der Waals surface area (Å²) in [6.07, 6.45) is 0. The number of hydrogen-bond donors (Lipinski definition) is 1. The molecule has 0 unspecified atom stereocenters.